The molecular formula is C20H18N2O3. The SMILES string of the molecule is COc1cccc(C2Nc3ccccc3C(=O)N2Cc2ccco2)c1. The van der Waals surface area contributed by atoms with E-state index in [4.69, 9.17) is 9.15 Å². The second-order valence-electron chi connectivity index (χ2n) is 5.88. The summed E-state index contributed by atoms with van der Waals surface area (Å²) in [6.07, 6.45) is 1.31. The molecule has 5 heteroatoms. The zero-order valence-electron chi connectivity index (χ0n) is 13.8. The highest BCUT2D eigenvalue weighted by molar-refractivity contribution is 6.01. The van der Waals surface area contributed by atoms with Gasteiger partial charge in [-0.25, -0.2) is 0 Å². The zero-order valence-corrected chi connectivity index (χ0v) is 13.8. The topological polar surface area (TPSA) is 54.7 Å². The van der Waals surface area contributed by atoms with Gasteiger partial charge in [-0.3, -0.25) is 4.79 Å². The van der Waals surface area contributed by atoms with Crippen LogP contribution in [0.5, 0.6) is 5.75 Å². The van der Waals surface area contributed by atoms with Gasteiger partial charge in [0.2, 0.25) is 0 Å². The highest BCUT2D eigenvalue weighted by Crippen LogP contribution is 2.35. The normalized spacial score (nSPS) is 16.3. The largest absolute Gasteiger partial charge is 0.497 e. The third-order valence-electron chi connectivity index (χ3n) is 4.34. The Bertz CT molecular complexity index is 889. The molecule has 5 nitrogen and oxygen atoms in total. The molecule has 0 saturated heterocycles. The molecule has 0 fully saturated rings. The summed E-state index contributed by atoms with van der Waals surface area (Å²) in [6, 6.07) is 19.0. The highest BCUT2D eigenvalue weighted by Gasteiger charge is 2.33. The van der Waals surface area contributed by atoms with E-state index in [1.165, 1.54) is 0 Å². The lowest BCUT2D eigenvalue weighted by Crippen LogP contribution is -2.42. The number of nitrogens with zero attached hydrogens (tertiary/aromatic N) is 1. The summed E-state index contributed by atoms with van der Waals surface area (Å²) in [5, 5.41) is 3.47. The Labute approximate surface area is 145 Å². The molecule has 3 aromatic rings. The van der Waals surface area contributed by atoms with Crippen molar-refractivity contribution in [3.05, 3.63) is 83.8 Å². The Morgan fingerprint density at radius 2 is 2.00 bits per heavy atom. The van der Waals surface area contributed by atoms with Crippen LogP contribution in [0.3, 0.4) is 0 Å². The number of benzene rings is 2. The molecule has 1 N–H and O–H groups in total. The molecule has 0 aliphatic carbocycles. The molecule has 4 rings (SSSR count). The first-order valence-corrected chi connectivity index (χ1v) is 8.09. The van der Waals surface area contributed by atoms with Crippen LogP contribution in [-0.2, 0) is 6.54 Å². The van der Waals surface area contributed by atoms with Crippen LogP contribution in [0.4, 0.5) is 5.69 Å². The summed E-state index contributed by atoms with van der Waals surface area (Å²) in [5.74, 6) is 1.46. The maximum atomic E-state index is 13.1. The fourth-order valence-corrected chi connectivity index (χ4v) is 3.10. The minimum Gasteiger partial charge on any atom is -0.497 e. The molecule has 0 spiro atoms. The van der Waals surface area contributed by atoms with E-state index < -0.39 is 0 Å². The summed E-state index contributed by atoms with van der Waals surface area (Å²) in [7, 11) is 1.63. The van der Waals surface area contributed by atoms with Gasteiger partial charge in [0.05, 0.1) is 25.5 Å². The molecule has 1 atom stereocenters. The molecule has 1 amide bonds. The molecule has 0 saturated carbocycles. The van der Waals surface area contributed by atoms with Crippen LogP contribution in [0.1, 0.15) is 27.8 Å². The molecule has 1 aliphatic heterocycles. The van der Waals surface area contributed by atoms with Crippen molar-refractivity contribution in [3.8, 4) is 5.75 Å². The van der Waals surface area contributed by atoms with Crippen molar-refractivity contribution in [1.29, 1.82) is 0 Å². The molecule has 1 unspecified atom stereocenters. The lowest BCUT2D eigenvalue weighted by Gasteiger charge is -2.37. The van der Waals surface area contributed by atoms with E-state index >= 15 is 0 Å². The third kappa shape index (κ3) is 2.85. The summed E-state index contributed by atoms with van der Waals surface area (Å²) < 4.78 is 10.8. The van der Waals surface area contributed by atoms with Gasteiger partial charge in [-0.05, 0) is 42.0 Å². The zero-order chi connectivity index (χ0) is 17.2. The van der Waals surface area contributed by atoms with Gasteiger partial charge in [0.25, 0.3) is 5.91 Å². The van der Waals surface area contributed by atoms with E-state index in [2.05, 4.69) is 5.32 Å². The summed E-state index contributed by atoms with van der Waals surface area (Å²) in [6.45, 7) is 0.384. The van der Waals surface area contributed by atoms with Gasteiger partial charge < -0.3 is 19.4 Å². The number of rotatable bonds is 4. The maximum absolute atomic E-state index is 13.1. The number of para-hydroxylation sites is 1. The van der Waals surface area contributed by atoms with E-state index in [0.717, 1.165) is 22.8 Å². The lowest BCUT2D eigenvalue weighted by molar-refractivity contribution is 0.0651. The molecule has 0 radical (unpaired) electrons. The van der Waals surface area contributed by atoms with Crippen molar-refractivity contribution < 1.29 is 13.9 Å². The first-order valence-electron chi connectivity index (χ1n) is 8.09. The van der Waals surface area contributed by atoms with Gasteiger partial charge in [0.15, 0.2) is 0 Å². The van der Waals surface area contributed by atoms with Crippen molar-refractivity contribution in [2.45, 2.75) is 12.7 Å². The highest BCUT2D eigenvalue weighted by atomic mass is 16.5. The molecule has 1 aliphatic rings. The first kappa shape index (κ1) is 15.3. The smallest absolute Gasteiger partial charge is 0.258 e. The average Bonchev–Trinajstić information content (AvgIpc) is 3.17. The van der Waals surface area contributed by atoms with E-state index in [1.807, 2.05) is 60.7 Å². The molecule has 126 valence electrons. The molecule has 2 heterocycles. The van der Waals surface area contributed by atoms with E-state index in [9.17, 15) is 4.79 Å². The van der Waals surface area contributed by atoms with Gasteiger partial charge in [0, 0.05) is 5.69 Å². The van der Waals surface area contributed by atoms with Gasteiger partial charge in [0.1, 0.15) is 17.7 Å². The standard InChI is InChI=1S/C20H18N2O3/c1-24-15-7-4-6-14(12-15)19-21-18-10-3-2-9-17(18)20(23)22(19)13-16-8-5-11-25-16/h2-12,19,21H,13H2,1H3. The van der Waals surface area contributed by atoms with E-state index in [1.54, 1.807) is 18.3 Å². The second kappa shape index (κ2) is 6.36. The van der Waals surface area contributed by atoms with Gasteiger partial charge in [-0.15, -0.1) is 0 Å². The number of hydrogen-bond acceptors (Lipinski definition) is 4. The Kier molecular flexibility index (Phi) is 3.90. The fourth-order valence-electron chi connectivity index (χ4n) is 3.10. The van der Waals surface area contributed by atoms with Crippen LogP contribution < -0.4 is 10.1 Å². The Balaban J connectivity index is 1.77. The average molecular weight is 334 g/mol. The maximum Gasteiger partial charge on any atom is 0.258 e. The van der Waals surface area contributed by atoms with Gasteiger partial charge >= 0.3 is 0 Å². The van der Waals surface area contributed by atoms with Gasteiger partial charge in [-0.1, -0.05) is 24.3 Å². The first-order chi connectivity index (χ1) is 12.3. The molecule has 1 aromatic heterocycles. The van der Waals surface area contributed by atoms with Crippen molar-refractivity contribution in [1.82, 2.24) is 4.90 Å². The number of fused-ring (bicyclic) bond motifs is 1. The Hall–Kier alpha value is -3.21. The lowest BCUT2D eigenvalue weighted by atomic mass is 10.0. The van der Waals surface area contributed by atoms with Gasteiger partial charge in [-0.2, -0.15) is 0 Å². The van der Waals surface area contributed by atoms with Crippen molar-refractivity contribution in [3.63, 3.8) is 0 Å². The van der Waals surface area contributed by atoms with Crippen LogP contribution in [0, 0.1) is 0 Å². The number of anilines is 1. The van der Waals surface area contributed by atoms with Crippen molar-refractivity contribution in [2.24, 2.45) is 0 Å². The van der Waals surface area contributed by atoms with Crippen LogP contribution >= 0.6 is 0 Å². The summed E-state index contributed by atoms with van der Waals surface area (Å²) in [5.41, 5.74) is 2.44. The number of methoxy groups -OCH3 is 1. The Morgan fingerprint density at radius 1 is 1.12 bits per heavy atom. The van der Waals surface area contributed by atoms with E-state index in [-0.39, 0.29) is 12.1 Å². The number of nitrogens with one attached hydrogen (secondary N) is 1. The second-order valence-corrected chi connectivity index (χ2v) is 5.88. The van der Waals surface area contributed by atoms with Crippen LogP contribution in [0.15, 0.2) is 71.3 Å². The van der Waals surface area contributed by atoms with Crippen molar-refractivity contribution >= 4 is 11.6 Å². The number of carbonyl (C=O) groups is 1. The number of ether oxygens (including phenoxy) is 1. The van der Waals surface area contributed by atoms with Crippen LogP contribution in [0.25, 0.3) is 0 Å². The number of hydrogen-bond donors (Lipinski definition) is 1. The molecule has 0 bridgehead atoms. The van der Waals surface area contributed by atoms with Crippen LogP contribution in [0.2, 0.25) is 0 Å². The Morgan fingerprint density at radius 3 is 2.80 bits per heavy atom. The van der Waals surface area contributed by atoms with Crippen molar-refractivity contribution in [2.75, 3.05) is 12.4 Å². The number of furan rings is 1. The van der Waals surface area contributed by atoms with E-state index in [0.29, 0.717) is 12.1 Å². The third-order valence-corrected chi connectivity index (χ3v) is 4.34. The van der Waals surface area contributed by atoms with Crippen LogP contribution in [-0.4, -0.2) is 17.9 Å². The molecule has 2 aromatic carbocycles. The monoisotopic (exact) mass is 334 g/mol. The minimum atomic E-state index is -0.303. The summed E-state index contributed by atoms with van der Waals surface area (Å²) >= 11 is 0. The minimum absolute atomic E-state index is 0.0291. The quantitative estimate of drug-likeness (QED) is 0.782. The fraction of sp³-hybridized carbons (Fsp3) is 0.150. The predicted molar refractivity (Wildman–Crippen MR) is 94.4 cm³/mol. The number of amides is 1. The summed E-state index contributed by atoms with van der Waals surface area (Å²) in [4.78, 5) is 14.9. The predicted octanol–water partition coefficient (Wildman–Crippen LogP) is 4.05. The molecule has 25 heavy (non-hydrogen) atoms. The number of carbonyl (C=O) groups excluding carboxylic acids is 1. The molecular weight excluding hydrogens is 316 g/mol.